The lowest BCUT2D eigenvalue weighted by Crippen LogP contribution is -2.32. The number of ether oxygens (including phenoxy) is 1. The maximum atomic E-state index is 12.8. The summed E-state index contributed by atoms with van der Waals surface area (Å²) >= 11 is 1.41. The number of thioether (sulfide) groups is 1. The van der Waals surface area contributed by atoms with Gasteiger partial charge in [0, 0.05) is 18.7 Å². The molecule has 35 heavy (non-hydrogen) atoms. The predicted molar refractivity (Wildman–Crippen MR) is 140 cm³/mol. The first-order valence-electron chi connectivity index (χ1n) is 11.8. The van der Waals surface area contributed by atoms with Gasteiger partial charge in [0.2, 0.25) is 5.91 Å². The molecule has 0 fully saturated rings. The molecule has 1 N–H and O–H groups in total. The Balaban J connectivity index is 1.50. The van der Waals surface area contributed by atoms with Crippen LogP contribution in [-0.4, -0.2) is 39.1 Å². The molecule has 0 radical (unpaired) electrons. The van der Waals surface area contributed by atoms with Crippen LogP contribution in [0.5, 0.6) is 5.75 Å². The summed E-state index contributed by atoms with van der Waals surface area (Å²) < 4.78 is 7.63. The van der Waals surface area contributed by atoms with Gasteiger partial charge in [0.25, 0.3) is 0 Å². The highest BCUT2D eigenvalue weighted by atomic mass is 32.2. The minimum Gasteiger partial charge on any atom is -0.494 e. The first-order chi connectivity index (χ1) is 17.1. The monoisotopic (exact) mass is 486 g/mol. The van der Waals surface area contributed by atoms with Crippen molar-refractivity contribution in [3.63, 3.8) is 0 Å². The van der Waals surface area contributed by atoms with E-state index < -0.39 is 0 Å². The van der Waals surface area contributed by atoms with Gasteiger partial charge >= 0.3 is 0 Å². The molecule has 1 atom stereocenters. The Morgan fingerprint density at radius 1 is 0.943 bits per heavy atom. The van der Waals surface area contributed by atoms with E-state index in [0.717, 1.165) is 29.2 Å². The van der Waals surface area contributed by atoms with Crippen molar-refractivity contribution in [3.05, 3.63) is 102 Å². The van der Waals surface area contributed by atoms with Crippen molar-refractivity contribution in [1.82, 2.24) is 20.1 Å². The van der Waals surface area contributed by atoms with E-state index in [1.165, 1.54) is 17.3 Å². The largest absolute Gasteiger partial charge is 0.494 e. The van der Waals surface area contributed by atoms with Crippen LogP contribution in [0.2, 0.25) is 0 Å². The molecule has 0 aliphatic heterocycles. The highest BCUT2D eigenvalue weighted by Gasteiger charge is 2.21. The molecule has 1 heterocycles. The van der Waals surface area contributed by atoms with Crippen molar-refractivity contribution in [3.8, 4) is 11.4 Å². The number of aromatic nitrogens is 3. The lowest BCUT2D eigenvalue weighted by molar-refractivity contribution is -0.120. The Kier molecular flexibility index (Phi) is 8.57. The second-order valence-electron chi connectivity index (χ2n) is 8.11. The standard InChI is InChI=1S/C28H30N4O2S/c1-3-34-25-16-14-24(15-17-25)32-26(20-23-12-8-5-9-13-23)30-31-28(32)35-21(2)27(33)29-19-18-22-10-6-4-7-11-22/h4-17,21H,3,18-20H2,1-2H3,(H,29,33). The van der Waals surface area contributed by atoms with Gasteiger partial charge in [-0.15, -0.1) is 10.2 Å². The van der Waals surface area contributed by atoms with Gasteiger partial charge in [-0.25, -0.2) is 0 Å². The lowest BCUT2D eigenvalue weighted by atomic mass is 10.1. The Bertz CT molecular complexity index is 1210. The van der Waals surface area contributed by atoms with Crippen LogP contribution in [0.3, 0.4) is 0 Å². The summed E-state index contributed by atoms with van der Waals surface area (Å²) in [5.74, 6) is 1.62. The summed E-state index contributed by atoms with van der Waals surface area (Å²) in [5.41, 5.74) is 3.29. The number of hydrogen-bond acceptors (Lipinski definition) is 5. The van der Waals surface area contributed by atoms with Gasteiger partial charge in [-0.2, -0.15) is 0 Å². The summed E-state index contributed by atoms with van der Waals surface area (Å²) in [5, 5.41) is 12.4. The number of nitrogens with zero attached hydrogens (tertiary/aromatic N) is 3. The van der Waals surface area contributed by atoms with Crippen molar-refractivity contribution in [1.29, 1.82) is 0 Å². The van der Waals surface area contributed by atoms with Gasteiger partial charge in [-0.1, -0.05) is 72.4 Å². The van der Waals surface area contributed by atoms with E-state index in [-0.39, 0.29) is 11.2 Å². The summed E-state index contributed by atoms with van der Waals surface area (Å²) in [6, 6.07) is 28.2. The molecule has 1 unspecified atom stereocenters. The number of hydrogen-bond donors (Lipinski definition) is 1. The fourth-order valence-corrected chi connectivity index (χ4v) is 4.63. The molecule has 1 aromatic heterocycles. The molecule has 3 aromatic carbocycles. The third-order valence-corrected chi connectivity index (χ3v) is 6.56. The van der Waals surface area contributed by atoms with Gasteiger partial charge in [-0.05, 0) is 55.7 Å². The van der Waals surface area contributed by atoms with Gasteiger partial charge < -0.3 is 10.1 Å². The van der Waals surface area contributed by atoms with Crippen LogP contribution in [0.25, 0.3) is 5.69 Å². The third-order valence-electron chi connectivity index (χ3n) is 5.52. The first-order valence-corrected chi connectivity index (χ1v) is 12.7. The Morgan fingerprint density at radius 3 is 2.26 bits per heavy atom. The normalized spacial score (nSPS) is 11.7. The zero-order valence-corrected chi connectivity index (χ0v) is 20.9. The molecule has 180 valence electrons. The number of rotatable bonds is 11. The van der Waals surface area contributed by atoms with Gasteiger partial charge in [0.05, 0.1) is 11.9 Å². The molecule has 0 bridgehead atoms. The summed E-state index contributed by atoms with van der Waals surface area (Å²) in [6.45, 7) is 5.07. The number of nitrogens with one attached hydrogen (secondary N) is 1. The lowest BCUT2D eigenvalue weighted by Gasteiger charge is -2.14. The smallest absolute Gasteiger partial charge is 0.233 e. The predicted octanol–water partition coefficient (Wildman–Crippen LogP) is 5.10. The van der Waals surface area contributed by atoms with E-state index in [0.29, 0.717) is 24.7 Å². The molecular weight excluding hydrogens is 456 g/mol. The van der Waals surface area contributed by atoms with Gasteiger partial charge in [0.15, 0.2) is 5.16 Å². The molecule has 1 amide bonds. The van der Waals surface area contributed by atoms with E-state index >= 15 is 0 Å². The second-order valence-corrected chi connectivity index (χ2v) is 9.42. The van der Waals surface area contributed by atoms with Crippen molar-refractivity contribution in [2.75, 3.05) is 13.2 Å². The molecule has 7 heteroatoms. The Morgan fingerprint density at radius 2 is 1.60 bits per heavy atom. The minimum absolute atomic E-state index is 0.0169. The van der Waals surface area contributed by atoms with Crippen molar-refractivity contribution < 1.29 is 9.53 Å². The zero-order chi connectivity index (χ0) is 24.5. The number of carbonyl (C=O) groups is 1. The maximum Gasteiger partial charge on any atom is 0.233 e. The molecule has 0 aliphatic carbocycles. The van der Waals surface area contributed by atoms with Crippen LogP contribution >= 0.6 is 11.8 Å². The van der Waals surface area contributed by atoms with Crippen LogP contribution in [0.4, 0.5) is 0 Å². The van der Waals surface area contributed by atoms with E-state index in [9.17, 15) is 4.79 Å². The van der Waals surface area contributed by atoms with E-state index in [1.807, 2.05) is 79.1 Å². The van der Waals surface area contributed by atoms with Crippen molar-refractivity contribution in [2.45, 2.75) is 37.1 Å². The van der Waals surface area contributed by atoms with Crippen LogP contribution < -0.4 is 10.1 Å². The SMILES string of the molecule is CCOc1ccc(-n2c(Cc3ccccc3)nnc2SC(C)C(=O)NCCc2ccccc2)cc1. The van der Waals surface area contributed by atoms with Crippen LogP contribution in [0.1, 0.15) is 30.8 Å². The first kappa shape index (κ1) is 24.5. The van der Waals surface area contributed by atoms with Gasteiger partial charge in [-0.3, -0.25) is 9.36 Å². The minimum atomic E-state index is -0.319. The van der Waals surface area contributed by atoms with Crippen molar-refractivity contribution in [2.24, 2.45) is 0 Å². The average molecular weight is 487 g/mol. The molecule has 6 nitrogen and oxygen atoms in total. The third kappa shape index (κ3) is 6.73. The van der Waals surface area contributed by atoms with E-state index in [4.69, 9.17) is 4.74 Å². The van der Waals surface area contributed by atoms with Crippen LogP contribution in [0.15, 0.2) is 90.1 Å². The zero-order valence-electron chi connectivity index (χ0n) is 20.1. The van der Waals surface area contributed by atoms with Crippen LogP contribution in [-0.2, 0) is 17.6 Å². The number of benzene rings is 3. The van der Waals surface area contributed by atoms with Gasteiger partial charge in [0.1, 0.15) is 11.6 Å². The molecule has 0 saturated carbocycles. The molecule has 4 rings (SSSR count). The number of carbonyl (C=O) groups excluding carboxylic acids is 1. The molecule has 4 aromatic rings. The summed E-state index contributed by atoms with van der Waals surface area (Å²) in [7, 11) is 0. The average Bonchev–Trinajstić information content (AvgIpc) is 3.27. The molecule has 0 saturated heterocycles. The topological polar surface area (TPSA) is 69.0 Å². The second kappa shape index (κ2) is 12.2. The summed E-state index contributed by atoms with van der Waals surface area (Å²) in [4.78, 5) is 12.8. The Hall–Kier alpha value is -3.58. The van der Waals surface area contributed by atoms with Crippen molar-refractivity contribution >= 4 is 17.7 Å². The molecule has 0 aliphatic rings. The fraction of sp³-hybridized carbons (Fsp3) is 0.250. The maximum absolute atomic E-state index is 12.8. The number of amides is 1. The quantitative estimate of drug-likeness (QED) is 0.299. The highest BCUT2D eigenvalue weighted by Crippen LogP contribution is 2.28. The fourth-order valence-electron chi connectivity index (χ4n) is 3.72. The van der Waals surface area contributed by atoms with E-state index in [1.54, 1.807) is 0 Å². The van der Waals surface area contributed by atoms with Crippen LogP contribution in [0, 0.1) is 0 Å². The summed E-state index contributed by atoms with van der Waals surface area (Å²) in [6.07, 6.45) is 1.44. The van der Waals surface area contributed by atoms with E-state index in [2.05, 4.69) is 39.8 Å². The Labute approximate surface area is 210 Å². The molecule has 0 spiro atoms. The molecular formula is C28H30N4O2S. The highest BCUT2D eigenvalue weighted by molar-refractivity contribution is 8.00.